The van der Waals surface area contributed by atoms with Gasteiger partial charge in [-0.1, -0.05) is 6.92 Å². The average Bonchev–Trinajstić information content (AvgIpc) is 2.58. The molecule has 0 aliphatic carbocycles. The normalized spacial score (nSPS) is 21.1. The van der Waals surface area contributed by atoms with Crippen molar-refractivity contribution in [3.8, 4) is 0 Å². The van der Waals surface area contributed by atoms with Gasteiger partial charge >= 0.3 is 0 Å². The van der Waals surface area contributed by atoms with E-state index in [4.69, 9.17) is 4.74 Å². The maximum absolute atomic E-state index is 12.3. The van der Waals surface area contributed by atoms with Crippen molar-refractivity contribution in [3.63, 3.8) is 0 Å². The summed E-state index contributed by atoms with van der Waals surface area (Å²) >= 11 is 0. The fraction of sp³-hybridized carbons (Fsp3) is 1.00. The van der Waals surface area contributed by atoms with Gasteiger partial charge in [-0.25, -0.2) is 8.42 Å². The van der Waals surface area contributed by atoms with Crippen LogP contribution in [0, 0.1) is 0 Å². The molecule has 17 heavy (non-hydrogen) atoms. The second kappa shape index (κ2) is 7.31. The van der Waals surface area contributed by atoms with Gasteiger partial charge in [0.25, 0.3) is 0 Å². The first-order valence-corrected chi connectivity index (χ1v) is 7.86. The van der Waals surface area contributed by atoms with Crippen LogP contribution in [0.3, 0.4) is 0 Å². The number of nitrogens with zero attached hydrogens (tertiary/aromatic N) is 1. The predicted molar refractivity (Wildman–Crippen MR) is 68.6 cm³/mol. The summed E-state index contributed by atoms with van der Waals surface area (Å²) in [5.41, 5.74) is 0. The molecule has 0 saturated carbocycles. The Morgan fingerprint density at radius 2 is 2.12 bits per heavy atom. The highest BCUT2D eigenvalue weighted by Crippen LogP contribution is 2.11. The minimum absolute atomic E-state index is 0.368. The molecule has 1 rings (SSSR count). The summed E-state index contributed by atoms with van der Waals surface area (Å²) in [6.45, 7) is 7.46. The third kappa shape index (κ3) is 4.54. The molecule has 1 aliphatic heterocycles. The molecule has 0 spiro atoms. The van der Waals surface area contributed by atoms with Crippen LogP contribution in [0.25, 0.3) is 0 Å². The van der Waals surface area contributed by atoms with E-state index < -0.39 is 10.0 Å². The van der Waals surface area contributed by atoms with Crippen LogP contribution in [-0.2, 0) is 14.8 Å². The summed E-state index contributed by atoms with van der Waals surface area (Å²) in [7, 11) is -3.18. The highest BCUT2D eigenvalue weighted by molar-refractivity contribution is 7.89. The summed E-state index contributed by atoms with van der Waals surface area (Å²) in [6, 6.07) is 0. The second-order valence-corrected chi connectivity index (χ2v) is 6.78. The third-order valence-electron chi connectivity index (χ3n) is 2.91. The van der Waals surface area contributed by atoms with Gasteiger partial charge in [-0.05, 0) is 26.3 Å². The SMILES string of the molecule is CCCNCC(C)S(=O)(=O)N1CCCOCC1. The van der Waals surface area contributed by atoms with Crippen molar-refractivity contribution in [1.29, 1.82) is 0 Å². The van der Waals surface area contributed by atoms with E-state index in [-0.39, 0.29) is 5.25 Å². The number of nitrogens with one attached hydrogen (secondary N) is 1. The fourth-order valence-corrected chi connectivity index (χ4v) is 3.37. The number of ether oxygens (including phenoxy) is 1. The quantitative estimate of drug-likeness (QED) is 0.707. The van der Waals surface area contributed by atoms with E-state index in [0.717, 1.165) is 19.4 Å². The van der Waals surface area contributed by atoms with Crippen molar-refractivity contribution in [2.45, 2.75) is 31.9 Å². The van der Waals surface area contributed by atoms with Gasteiger partial charge in [0.15, 0.2) is 0 Å². The molecule has 1 heterocycles. The van der Waals surface area contributed by atoms with E-state index >= 15 is 0 Å². The first kappa shape index (κ1) is 14.9. The molecule has 1 aliphatic rings. The molecule has 1 fully saturated rings. The fourth-order valence-electron chi connectivity index (χ4n) is 1.82. The Morgan fingerprint density at radius 3 is 2.82 bits per heavy atom. The van der Waals surface area contributed by atoms with Gasteiger partial charge in [0.05, 0.1) is 11.9 Å². The molecular formula is C11H24N2O3S. The van der Waals surface area contributed by atoms with Crippen LogP contribution < -0.4 is 5.32 Å². The van der Waals surface area contributed by atoms with E-state index in [1.807, 2.05) is 0 Å². The van der Waals surface area contributed by atoms with E-state index in [1.54, 1.807) is 11.2 Å². The van der Waals surface area contributed by atoms with Crippen LogP contribution in [0.5, 0.6) is 0 Å². The smallest absolute Gasteiger partial charge is 0.218 e. The highest BCUT2D eigenvalue weighted by atomic mass is 32.2. The maximum Gasteiger partial charge on any atom is 0.218 e. The van der Waals surface area contributed by atoms with E-state index in [2.05, 4.69) is 12.2 Å². The van der Waals surface area contributed by atoms with Crippen LogP contribution in [0.1, 0.15) is 26.7 Å². The van der Waals surface area contributed by atoms with Crippen molar-refractivity contribution >= 4 is 10.0 Å². The molecule has 0 aromatic heterocycles. The van der Waals surface area contributed by atoms with Crippen molar-refractivity contribution in [1.82, 2.24) is 9.62 Å². The second-order valence-electron chi connectivity index (χ2n) is 4.42. The maximum atomic E-state index is 12.3. The zero-order valence-electron chi connectivity index (χ0n) is 10.8. The topological polar surface area (TPSA) is 58.6 Å². The highest BCUT2D eigenvalue weighted by Gasteiger charge is 2.28. The summed E-state index contributed by atoms with van der Waals surface area (Å²) < 4.78 is 31.4. The van der Waals surface area contributed by atoms with Gasteiger partial charge in [-0.15, -0.1) is 0 Å². The standard InChI is InChI=1S/C11H24N2O3S/c1-3-5-12-10-11(2)17(14,15)13-6-4-8-16-9-7-13/h11-12H,3-10H2,1-2H3. The molecule has 1 saturated heterocycles. The Morgan fingerprint density at radius 1 is 1.35 bits per heavy atom. The van der Waals surface area contributed by atoms with Crippen molar-refractivity contribution < 1.29 is 13.2 Å². The predicted octanol–water partition coefficient (Wildman–Crippen LogP) is 0.427. The van der Waals surface area contributed by atoms with Gasteiger partial charge in [-0.3, -0.25) is 0 Å². The van der Waals surface area contributed by atoms with Crippen molar-refractivity contribution in [2.75, 3.05) is 39.4 Å². The molecule has 6 heteroatoms. The first-order valence-electron chi connectivity index (χ1n) is 6.36. The van der Waals surface area contributed by atoms with E-state index in [1.165, 1.54) is 0 Å². The lowest BCUT2D eigenvalue weighted by atomic mass is 10.4. The molecule has 0 radical (unpaired) electrons. The Labute approximate surface area is 105 Å². The lowest BCUT2D eigenvalue weighted by Gasteiger charge is -2.24. The summed E-state index contributed by atoms with van der Waals surface area (Å²) in [5.74, 6) is 0. The molecule has 0 aromatic carbocycles. The first-order chi connectivity index (χ1) is 8.09. The Balaban J connectivity index is 2.52. The molecule has 0 aromatic rings. The molecule has 1 unspecified atom stereocenters. The number of hydrogen-bond donors (Lipinski definition) is 1. The molecule has 0 amide bonds. The largest absolute Gasteiger partial charge is 0.380 e. The Bertz CT molecular complexity index is 298. The zero-order chi connectivity index (χ0) is 12.7. The minimum atomic E-state index is -3.18. The van der Waals surface area contributed by atoms with Crippen molar-refractivity contribution in [3.05, 3.63) is 0 Å². The molecule has 102 valence electrons. The number of sulfonamides is 1. The minimum Gasteiger partial charge on any atom is -0.380 e. The molecule has 5 nitrogen and oxygen atoms in total. The van der Waals surface area contributed by atoms with Gasteiger partial charge in [-0.2, -0.15) is 4.31 Å². The Kier molecular flexibility index (Phi) is 6.40. The Hall–Kier alpha value is -0.170. The van der Waals surface area contributed by atoms with Crippen LogP contribution in [-0.4, -0.2) is 57.4 Å². The van der Waals surface area contributed by atoms with Crippen LogP contribution in [0.15, 0.2) is 0 Å². The molecule has 1 N–H and O–H groups in total. The van der Waals surface area contributed by atoms with Crippen LogP contribution in [0.2, 0.25) is 0 Å². The van der Waals surface area contributed by atoms with Crippen molar-refractivity contribution in [2.24, 2.45) is 0 Å². The van der Waals surface area contributed by atoms with E-state index in [9.17, 15) is 8.42 Å². The van der Waals surface area contributed by atoms with Crippen LogP contribution in [0.4, 0.5) is 0 Å². The summed E-state index contributed by atoms with van der Waals surface area (Å²) in [4.78, 5) is 0. The van der Waals surface area contributed by atoms with Crippen LogP contribution >= 0.6 is 0 Å². The van der Waals surface area contributed by atoms with Gasteiger partial charge in [0.1, 0.15) is 0 Å². The van der Waals surface area contributed by atoms with Gasteiger partial charge in [0.2, 0.25) is 10.0 Å². The molecule has 1 atom stereocenters. The lowest BCUT2D eigenvalue weighted by molar-refractivity contribution is 0.148. The van der Waals surface area contributed by atoms with Gasteiger partial charge in [0, 0.05) is 26.2 Å². The van der Waals surface area contributed by atoms with Gasteiger partial charge < -0.3 is 10.1 Å². The van der Waals surface area contributed by atoms with E-state index in [0.29, 0.717) is 32.8 Å². The average molecular weight is 264 g/mol. The number of rotatable bonds is 6. The third-order valence-corrected chi connectivity index (χ3v) is 5.18. The lowest BCUT2D eigenvalue weighted by Crippen LogP contribution is -2.43. The summed E-state index contributed by atoms with van der Waals surface area (Å²) in [5, 5.41) is 2.79. The molecule has 0 bridgehead atoms. The zero-order valence-corrected chi connectivity index (χ0v) is 11.6. The summed E-state index contributed by atoms with van der Waals surface area (Å²) in [6.07, 6.45) is 1.80. The molecular weight excluding hydrogens is 240 g/mol. The number of hydrogen-bond acceptors (Lipinski definition) is 4. The monoisotopic (exact) mass is 264 g/mol.